The van der Waals surface area contributed by atoms with Crippen LogP contribution in [0.3, 0.4) is 0 Å². The molecule has 0 radical (unpaired) electrons. The molecule has 1 heterocycles. The Bertz CT molecular complexity index is 273. The fraction of sp³-hybridized carbons (Fsp3) is 0.111. The van der Waals surface area contributed by atoms with Crippen molar-refractivity contribution in [3.63, 3.8) is 0 Å². The van der Waals surface area contributed by atoms with Gasteiger partial charge < -0.3 is 4.74 Å². The summed E-state index contributed by atoms with van der Waals surface area (Å²) in [4.78, 5) is 0. The quantitative estimate of drug-likeness (QED) is 0.621. The van der Waals surface area contributed by atoms with E-state index in [1.165, 1.54) is 5.56 Å². The van der Waals surface area contributed by atoms with Crippen LogP contribution in [0.1, 0.15) is 5.56 Å². The zero-order chi connectivity index (χ0) is 6.81. The molecule has 0 aromatic heterocycles. The first-order valence-corrected chi connectivity index (χ1v) is 3.35. The second kappa shape index (κ2) is 5.56. The minimum absolute atomic E-state index is 0. The zero-order valence-electron chi connectivity index (χ0n) is 6.21. The molecule has 0 unspecified atom stereocenters. The molecule has 1 nitrogen and oxygen atoms in total. The van der Waals surface area contributed by atoms with Crippen LogP contribution in [0.5, 0.6) is 5.75 Å². The third kappa shape index (κ3) is 2.47. The molecule has 0 spiro atoms. The molecule has 70 valence electrons. The van der Waals surface area contributed by atoms with Gasteiger partial charge in [-0.15, -0.1) is 0 Å². The summed E-state index contributed by atoms with van der Waals surface area (Å²) in [7, 11) is 0. The summed E-state index contributed by atoms with van der Waals surface area (Å²) >= 11 is 0. The van der Waals surface area contributed by atoms with Gasteiger partial charge in [0, 0.05) is 43.1 Å². The van der Waals surface area contributed by atoms with Gasteiger partial charge in [0.05, 0.1) is 0 Å². The standard InChI is InChI=1S/C9H8O.Ni.Pt/c1-2-6-9-8(4-1)5-3-7-10-9;;/h1-6H,7H2;;. The number of benzene rings is 1. The van der Waals surface area contributed by atoms with Crippen molar-refractivity contribution in [3.05, 3.63) is 35.9 Å². The van der Waals surface area contributed by atoms with Crippen LogP contribution >= 0.6 is 0 Å². The van der Waals surface area contributed by atoms with Gasteiger partial charge in [-0.1, -0.05) is 24.3 Å². The van der Waals surface area contributed by atoms with Crippen LogP contribution < -0.4 is 4.74 Å². The van der Waals surface area contributed by atoms with Crippen LogP contribution in [0.25, 0.3) is 6.08 Å². The van der Waals surface area contributed by atoms with Crippen LogP contribution in [0.15, 0.2) is 30.3 Å². The molecule has 1 aromatic carbocycles. The van der Waals surface area contributed by atoms with Crippen molar-refractivity contribution in [3.8, 4) is 5.75 Å². The molecular weight excluding hydrogens is 378 g/mol. The molecule has 1 aromatic rings. The van der Waals surface area contributed by atoms with Gasteiger partial charge in [0.15, 0.2) is 0 Å². The first-order chi connectivity index (χ1) is 4.97. The predicted octanol–water partition coefficient (Wildman–Crippen LogP) is 2.09. The Labute approximate surface area is 96.4 Å². The molecule has 1 aliphatic heterocycles. The number of hydrogen-bond donors (Lipinski definition) is 0. The monoisotopic (exact) mass is 385 g/mol. The van der Waals surface area contributed by atoms with Gasteiger partial charge in [0.25, 0.3) is 0 Å². The molecule has 12 heavy (non-hydrogen) atoms. The molecule has 1 aliphatic rings. The summed E-state index contributed by atoms with van der Waals surface area (Å²) in [6.07, 6.45) is 4.10. The summed E-state index contributed by atoms with van der Waals surface area (Å²) in [5.41, 5.74) is 1.17. The van der Waals surface area contributed by atoms with E-state index in [2.05, 4.69) is 6.08 Å². The number of fused-ring (bicyclic) bond motifs is 1. The van der Waals surface area contributed by atoms with Gasteiger partial charge in [-0.2, -0.15) is 0 Å². The molecule has 0 atom stereocenters. The predicted molar refractivity (Wildman–Crippen MR) is 41.0 cm³/mol. The normalized spacial score (nSPS) is 11.7. The van der Waals surface area contributed by atoms with Crippen LogP contribution in [0.4, 0.5) is 0 Å². The Morgan fingerprint density at radius 3 is 2.67 bits per heavy atom. The Morgan fingerprint density at radius 2 is 1.92 bits per heavy atom. The summed E-state index contributed by atoms with van der Waals surface area (Å²) in [6, 6.07) is 8.03. The smallest absolute Gasteiger partial charge is 0.126 e. The Kier molecular flexibility index (Phi) is 5.54. The fourth-order valence-corrected chi connectivity index (χ4v) is 1.06. The zero-order valence-corrected chi connectivity index (χ0v) is 9.47. The molecule has 0 saturated heterocycles. The SMILES string of the molecule is C1=Cc2ccccc2OC1.[Ni].[Pt]. The number of rotatable bonds is 0. The maximum absolute atomic E-state index is 5.34. The molecule has 0 aliphatic carbocycles. The largest absolute Gasteiger partial charge is 0.489 e. The van der Waals surface area contributed by atoms with Crippen LogP contribution in [0, 0.1) is 0 Å². The topological polar surface area (TPSA) is 9.23 Å². The summed E-state index contributed by atoms with van der Waals surface area (Å²) < 4.78 is 5.34. The average molecular weight is 386 g/mol. The van der Waals surface area contributed by atoms with E-state index in [1.54, 1.807) is 0 Å². The molecule has 2 rings (SSSR count). The maximum Gasteiger partial charge on any atom is 0.126 e. The van der Waals surface area contributed by atoms with E-state index >= 15 is 0 Å². The van der Waals surface area contributed by atoms with Crippen molar-refractivity contribution in [1.29, 1.82) is 0 Å². The van der Waals surface area contributed by atoms with Crippen LogP contribution in [-0.2, 0) is 37.6 Å². The fourth-order valence-electron chi connectivity index (χ4n) is 1.06. The first kappa shape index (κ1) is 11.9. The average Bonchev–Trinajstić information content (AvgIpc) is 2.05. The van der Waals surface area contributed by atoms with Gasteiger partial charge in [-0.05, 0) is 12.1 Å². The molecule has 0 N–H and O–H groups in total. The van der Waals surface area contributed by atoms with Gasteiger partial charge in [-0.25, -0.2) is 0 Å². The molecule has 0 amide bonds. The van der Waals surface area contributed by atoms with Crippen molar-refractivity contribution >= 4 is 6.08 Å². The minimum atomic E-state index is 0. The minimum Gasteiger partial charge on any atom is -0.489 e. The number of para-hydroxylation sites is 1. The molecule has 0 fully saturated rings. The van der Waals surface area contributed by atoms with Crippen molar-refractivity contribution < 1.29 is 42.3 Å². The second-order valence-corrected chi connectivity index (χ2v) is 2.25. The first-order valence-electron chi connectivity index (χ1n) is 3.35. The van der Waals surface area contributed by atoms with Crippen molar-refractivity contribution in [2.45, 2.75) is 0 Å². The molecule has 0 saturated carbocycles. The van der Waals surface area contributed by atoms with Gasteiger partial charge >= 0.3 is 0 Å². The Hall–Kier alpha value is -0.0582. The van der Waals surface area contributed by atoms with E-state index in [9.17, 15) is 0 Å². The van der Waals surface area contributed by atoms with Gasteiger partial charge in [0.1, 0.15) is 12.4 Å². The maximum atomic E-state index is 5.34. The van der Waals surface area contributed by atoms with E-state index < -0.39 is 0 Å². The molecule has 0 bridgehead atoms. The van der Waals surface area contributed by atoms with E-state index in [0.717, 1.165) is 5.75 Å². The Balaban J connectivity index is 0.000000605. The van der Waals surface area contributed by atoms with Crippen LogP contribution in [-0.4, -0.2) is 6.61 Å². The summed E-state index contributed by atoms with van der Waals surface area (Å²) in [5, 5.41) is 0. The van der Waals surface area contributed by atoms with E-state index in [0.29, 0.717) is 6.61 Å². The van der Waals surface area contributed by atoms with E-state index in [-0.39, 0.29) is 37.6 Å². The summed E-state index contributed by atoms with van der Waals surface area (Å²) in [5.74, 6) is 0.991. The Morgan fingerprint density at radius 1 is 1.17 bits per heavy atom. The molecule has 3 heteroatoms. The summed E-state index contributed by atoms with van der Waals surface area (Å²) in [6.45, 7) is 0.705. The van der Waals surface area contributed by atoms with E-state index in [1.807, 2.05) is 30.3 Å². The number of hydrogen-bond acceptors (Lipinski definition) is 1. The van der Waals surface area contributed by atoms with E-state index in [4.69, 9.17) is 4.74 Å². The second-order valence-electron chi connectivity index (χ2n) is 2.25. The van der Waals surface area contributed by atoms with Crippen molar-refractivity contribution in [2.24, 2.45) is 0 Å². The van der Waals surface area contributed by atoms with Gasteiger partial charge in [-0.3, -0.25) is 0 Å². The number of ether oxygens (including phenoxy) is 1. The third-order valence-corrected chi connectivity index (χ3v) is 1.55. The van der Waals surface area contributed by atoms with Gasteiger partial charge in [0.2, 0.25) is 0 Å². The molecular formula is C9H8NiOPt. The van der Waals surface area contributed by atoms with Crippen LogP contribution in [0.2, 0.25) is 0 Å². The third-order valence-electron chi connectivity index (χ3n) is 1.55. The van der Waals surface area contributed by atoms with Crippen molar-refractivity contribution in [1.82, 2.24) is 0 Å². The van der Waals surface area contributed by atoms with Crippen molar-refractivity contribution in [2.75, 3.05) is 6.61 Å².